The maximum absolute atomic E-state index is 13.6. The number of aryl methyl sites for hydroxylation is 2. The van der Waals surface area contributed by atoms with Gasteiger partial charge in [0.15, 0.2) is 0 Å². The van der Waals surface area contributed by atoms with Crippen LogP contribution in [0, 0.1) is 31.6 Å². The monoisotopic (exact) mass is 554 g/mol. The highest BCUT2D eigenvalue weighted by molar-refractivity contribution is 7.09. The molecule has 6 rings (SSSR count). The van der Waals surface area contributed by atoms with Gasteiger partial charge in [-0.3, -0.25) is 19.5 Å². The third-order valence-electron chi connectivity index (χ3n) is 8.66. The predicted octanol–water partition coefficient (Wildman–Crippen LogP) is 6.32. The van der Waals surface area contributed by atoms with Crippen LogP contribution in [0.5, 0.6) is 5.75 Å². The molecule has 3 aliphatic rings. The van der Waals surface area contributed by atoms with E-state index in [2.05, 4.69) is 18.0 Å². The van der Waals surface area contributed by atoms with Crippen molar-refractivity contribution in [1.29, 1.82) is 0 Å². The average molecular weight is 555 g/mol. The Morgan fingerprint density at radius 1 is 1.10 bits per heavy atom. The molecule has 3 aromatic rings. The summed E-state index contributed by atoms with van der Waals surface area (Å²) in [5.41, 5.74) is 7.13. The van der Waals surface area contributed by atoms with Crippen LogP contribution in [0.15, 0.2) is 65.2 Å². The van der Waals surface area contributed by atoms with Gasteiger partial charge in [-0.2, -0.15) is 0 Å². The molecule has 2 fully saturated rings. The van der Waals surface area contributed by atoms with Crippen LogP contribution in [-0.2, 0) is 20.9 Å². The second-order valence-corrected chi connectivity index (χ2v) is 12.3. The summed E-state index contributed by atoms with van der Waals surface area (Å²) < 4.78 is 6.38. The highest BCUT2D eigenvalue weighted by atomic mass is 32.1. The summed E-state index contributed by atoms with van der Waals surface area (Å²) >= 11 is 1.57. The summed E-state index contributed by atoms with van der Waals surface area (Å²) in [4.78, 5) is 34.0. The zero-order valence-electron chi connectivity index (χ0n) is 23.1. The molecule has 6 nitrogen and oxygen atoms in total. The van der Waals surface area contributed by atoms with Crippen LogP contribution in [0.25, 0.3) is 11.6 Å². The van der Waals surface area contributed by atoms with E-state index in [0.29, 0.717) is 25.3 Å². The Kier molecular flexibility index (Phi) is 7.19. The number of hydrogen-bond acceptors (Lipinski definition) is 6. The van der Waals surface area contributed by atoms with Crippen molar-refractivity contribution in [2.75, 3.05) is 6.61 Å². The van der Waals surface area contributed by atoms with Gasteiger partial charge in [-0.05, 0) is 110 Å². The van der Waals surface area contributed by atoms with Gasteiger partial charge in [-0.25, -0.2) is 0 Å². The fourth-order valence-electron chi connectivity index (χ4n) is 6.80. The van der Waals surface area contributed by atoms with Gasteiger partial charge in [0, 0.05) is 17.0 Å². The number of pyridine rings is 1. The number of fused-ring (bicyclic) bond motifs is 3. The first-order valence-electron chi connectivity index (χ1n) is 13.9. The van der Waals surface area contributed by atoms with E-state index in [4.69, 9.17) is 4.74 Å². The standard InChI is InChI=1S/C33H34N2O4S/c1-19-15-25-30(33(38)35(32(25)37)17-24-7-6-12-40-24)26-18-39-28(29(19)26)10-9-23(27-8-4-5-11-34-27)16-22-13-20(2)31(36)21(3)14-22/h4-8,11-14,16,25-26,28,30,36H,9-10,15,17-18H2,1-3H3/b23-16-/t25-,26+,28-,30-/m1/s1. The van der Waals surface area contributed by atoms with Gasteiger partial charge in [0.05, 0.1) is 36.8 Å². The molecule has 0 bridgehead atoms. The van der Waals surface area contributed by atoms with Gasteiger partial charge in [0.2, 0.25) is 11.8 Å². The molecule has 206 valence electrons. The number of aromatic nitrogens is 1. The van der Waals surface area contributed by atoms with Gasteiger partial charge in [-0.1, -0.05) is 17.7 Å². The summed E-state index contributed by atoms with van der Waals surface area (Å²) in [5.74, 6) is -0.412. The fourth-order valence-corrected chi connectivity index (χ4v) is 7.49. The normalized spacial score (nSPS) is 24.6. The summed E-state index contributed by atoms with van der Waals surface area (Å²) in [5, 5.41) is 12.2. The molecule has 40 heavy (non-hydrogen) atoms. The first kappa shape index (κ1) is 26.7. The van der Waals surface area contributed by atoms with E-state index in [-0.39, 0.29) is 35.7 Å². The molecule has 1 aliphatic carbocycles. The van der Waals surface area contributed by atoms with E-state index in [1.807, 2.05) is 61.7 Å². The number of imide groups is 1. The topological polar surface area (TPSA) is 79.7 Å². The highest BCUT2D eigenvalue weighted by Gasteiger charge is 2.56. The quantitative estimate of drug-likeness (QED) is 0.273. The minimum absolute atomic E-state index is 0.0369. The van der Waals surface area contributed by atoms with Crippen LogP contribution < -0.4 is 0 Å². The number of hydrogen-bond donors (Lipinski definition) is 1. The van der Waals surface area contributed by atoms with Crippen molar-refractivity contribution in [2.45, 2.75) is 52.7 Å². The lowest BCUT2D eigenvalue weighted by Crippen LogP contribution is -2.34. The number of thiophene rings is 1. The lowest BCUT2D eigenvalue weighted by atomic mass is 9.70. The molecule has 1 N–H and O–H groups in total. The van der Waals surface area contributed by atoms with Crippen molar-refractivity contribution in [3.63, 3.8) is 0 Å². The van der Waals surface area contributed by atoms with E-state index in [9.17, 15) is 14.7 Å². The number of carbonyl (C=O) groups excluding carboxylic acids is 2. The number of nitrogens with zero attached hydrogens (tertiary/aromatic N) is 2. The molecular formula is C33H34N2O4S. The molecule has 4 heterocycles. The molecule has 0 radical (unpaired) electrons. The Balaban J connectivity index is 1.23. The minimum Gasteiger partial charge on any atom is -0.507 e. The molecule has 2 amide bonds. The third kappa shape index (κ3) is 4.82. The number of ether oxygens (including phenoxy) is 1. The van der Waals surface area contributed by atoms with Crippen LogP contribution in [0.4, 0.5) is 0 Å². The number of benzene rings is 1. The molecule has 0 spiro atoms. The minimum atomic E-state index is -0.329. The molecule has 1 aromatic carbocycles. The molecule has 0 saturated carbocycles. The molecular weight excluding hydrogens is 520 g/mol. The number of allylic oxidation sites excluding steroid dienone is 2. The van der Waals surface area contributed by atoms with E-state index >= 15 is 0 Å². The number of phenolic OH excluding ortho intramolecular Hbond substituents is 1. The number of phenols is 1. The molecule has 2 saturated heterocycles. The van der Waals surface area contributed by atoms with Gasteiger partial charge in [0.1, 0.15) is 5.75 Å². The largest absolute Gasteiger partial charge is 0.507 e. The summed E-state index contributed by atoms with van der Waals surface area (Å²) in [6, 6.07) is 13.8. The molecule has 0 unspecified atom stereocenters. The Labute approximate surface area is 239 Å². The van der Waals surface area contributed by atoms with Crippen LogP contribution in [0.2, 0.25) is 0 Å². The number of amides is 2. The second-order valence-electron chi connectivity index (χ2n) is 11.3. The number of carbonyl (C=O) groups is 2. The Hall–Kier alpha value is -3.55. The first-order chi connectivity index (χ1) is 19.3. The third-order valence-corrected chi connectivity index (χ3v) is 9.52. The zero-order chi connectivity index (χ0) is 28.0. The van der Waals surface area contributed by atoms with E-state index in [1.165, 1.54) is 16.0 Å². The van der Waals surface area contributed by atoms with Gasteiger partial charge in [0.25, 0.3) is 0 Å². The SMILES string of the molecule is CC1=C2[C@@H](CC/C(=C/c3cc(C)c(O)c(C)c3)c3ccccn3)OC[C@@H]2[C@@H]2C(=O)N(Cc3cccs3)C(=O)[C@@H]2C1. The van der Waals surface area contributed by atoms with Crippen LogP contribution in [0.1, 0.15) is 53.4 Å². The maximum Gasteiger partial charge on any atom is 0.234 e. The first-order valence-corrected chi connectivity index (χ1v) is 14.8. The second kappa shape index (κ2) is 10.8. The zero-order valence-corrected chi connectivity index (χ0v) is 23.9. The smallest absolute Gasteiger partial charge is 0.234 e. The molecule has 2 aromatic heterocycles. The molecule has 7 heteroatoms. The van der Waals surface area contributed by atoms with Crippen LogP contribution in [0.3, 0.4) is 0 Å². The van der Waals surface area contributed by atoms with Crippen molar-refractivity contribution >= 4 is 34.8 Å². The van der Waals surface area contributed by atoms with Crippen molar-refractivity contribution in [1.82, 2.24) is 9.88 Å². The van der Waals surface area contributed by atoms with Gasteiger partial charge in [-0.15, -0.1) is 11.3 Å². The Morgan fingerprint density at radius 3 is 2.60 bits per heavy atom. The highest BCUT2D eigenvalue weighted by Crippen LogP contribution is 2.50. The van der Waals surface area contributed by atoms with Crippen LogP contribution >= 0.6 is 11.3 Å². The van der Waals surface area contributed by atoms with Gasteiger partial charge >= 0.3 is 0 Å². The summed E-state index contributed by atoms with van der Waals surface area (Å²) in [7, 11) is 0. The Morgan fingerprint density at radius 2 is 1.90 bits per heavy atom. The average Bonchev–Trinajstić information content (AvgIpc) is 3.67. The lowest BCUT2D eigenvalue weighted by Gasteiger charge is -2.30. The van der Waals surface area contributed by atoms with E-state index in [1.54, 1.807) is 17.5 Å². The maximum atomic E-state index is 13.6. The molecule has 2 aliphatic heterocycles. The Bertz CT molecular complexity index is 1490. The van der Waals surface area contributed by atoms with Crippen LogP contribution in [-0.4, -0.2) is 39.5 Å². The number of aromatic hydroxyl groups is 1. The summed E-state index contributed by atoms with van der Waals surface area (Å²) in [6.07, 6.45) is 5.99. The van der Waals surface area contributed by atoms with Gasteiger partial charge < -0.3 is 9.84 Å². The number of likely N-dealkylation sites (tertiary alicyclic amines) is 1. The van der Waals surface area contributed by atoms with Crippen molar-refractivity contribution in [3.8, 4) is 5.75 Å². The van der Waals surface area contributed by atoms with E-state index in [0.717, 1.165) is 45.7 Å². The fraction of sp³-hybridized carbons (Fsp3) is 0.364. The lowest BCUT2D eigenvalue weighted by molar-refractivity contribution is -0.140. The molecule has 4 atom stereocenters. The number of rotatable bonds is 7. The summed E-state index contributed by atoms with van der Waals surface area (Å²) in [6.45, 7) is 6.77. The van der Waals surface area contributed by atoms with Crippen molar-refractivity contribution < 1.29 is 19.4 Å². The predicted molar refractivity (Wildman–Crippen MR) is 156 cm³/mol. The van der Waals surface area contributed by atoms with E-state index < -0.39 is 0 Å². The van der Waals surface area contributed by atoms with Crippen molar-refractivity contribution in [3.05, 3.63) is 92.4 Å². The van der Waals surface area contributed by atoms with Crippen molar-refractivity contribution in [2.24, 2.45) is 17.8 Å².